The molecule has 0 saturated heterocycles. The summed E-state index contributed by atoms with van der Waals surface area (Å²) in [6.07, 6.45) is 10.9. The molecule has 1 atom stereocenters. The van der Waals surface area contributed by atoms with Gasteiger partial charge in [0.1, 0.15) is 0 Å². The summed E-state index contributed by atoms with van der Waals surface area (Å²) in [7, 11) is 0. The maximum atomic E-state index is 5.97. The van der Waals surface area contributed by atoms with Crippen LogP contribution in [0.1, 0.15) is 56.9 Å². The Kier molecular flexibility index (Phi) is 3.90. The Morgan fingerprint density at radius 3 is 2.16 bits per heavy atom. The molecular formula is C17H26N2. The van der Waals surface area contributed by atoms with E-state index in [1.54, 1.807) is 0 Å². The minimum Gasteiger partial charge on any atom is -0.271 e. The van der Waals surface area contributed by atoms with E-state index in [0.29, 0.717) is 11.5 Å². The molecule has 0 aromatic heterocycles. The van der Waals surface area contributed by atoms with E-state index < -0.39 is 0 Å². The van der Waals surface area contributed by atoms with E-state index in [0.717, 1.165) is 5.92 Å². The molecule has 0 amide bonds. The Morgan fingerprint density at radius 1 is 1.00 bits per heavy atom. The first kappa shape index (κ1) is 13.1. The van der Waals surface area contributed by atoms with Gasteiger partial charge in [-0.05, 0) is 37.2 Å². The lowest BCUT2D eigenvalue weighted by molar-refractivity contribution is 0.269. The van der Waals surface area contributed by atoms with Gasteiger partial charge in [0.15, 0.2) is 0 Å². The number of hydrogen-bond acceptors (Lipinski definition) is 2. The summed E-state index contributed by atoms with van der Waals surface area (Å²) in [5.74, 6) is 6.73. The highest BCUT2D eigenvalue weighted by atomic mass is 15.2. The highest BCUT2D eigenvalue weighted by Crippen LogP contribution is 2.53. The van der Waals surface area contributed by atoms with E-state index in [1.165, 1.54) is 56.9 Å². The summed E-state index contributed by atoms with van der Waals surface area (Å²) in [4.78, 5) is 0. The van der Waals surface area contributed by atoms with Crippen molar-refractivity contribution in [1.29, 1.82) is 0 Å². The summed E-state index contributed by atoms with van der Waals surface area (Å²) in [6.45, 7) is 0. The maximum Gasteiger partial charge on any atom is 0.0335 e. The van der Waals surface area contributed by atoms with Gasteiger partial charge in [0.05, 0.1) is 0 Å². The van der Waals surface area contributed by atoms with Gasteiger partial charge in [-0.2, -0.15) is 0 Å². The Balaban J connectivity index is 1.81. The Morgan fingerprint density at radius 2 is 1.63 bits per heavy atom. The molecule has 2 heteroatoms. The van der Waals surface area contributed by atoms with Gasteiger partial charge in [-0.3, -0.25) is 11.3 Å². The van der Waals surface area contributed by atoms with Crippen LogP contribution in [0.25, 0.3) is 0 Å². The summed E-state index contributed by atoms with van der Waals surface area (Å²) in [6, 6.07) is 11.5. The number of benzene rings is 1. The smallest absolute Gasteiger partial charge is 0.0335 e. The zero-order valence-electron chi connectivity index (χ0n) is 11.8. The van der Waals surface area contributed by atoms with Crippen molar-refractivity contribution in [3.05, 3.63) is 35.9 Å². The highest BCUT2D eigenvalue weighted by Gasteiger charge is 2.52. The molecule has 2 aliphatic carbocycles. The molecule has 1 aromatic carbocycles. The third-order valence-electron chi connectivity index (χ3n) is 5.28. The first-order valence-electron chi connectivity index (χ1n) is 7.88. The minimum absolute atomic E-state index is 0.324. The maximum absolute atomic E-state index is 5.97. The van der Waals surface area contributed by atoms with Crippen LogP contribution in [0.4, 0.5) is 0 Å². The van der Waals surface area contributed by atoms with Crippen LogP contribution < -0.4 is 11.3 Å². The highest BCUT2D eigenvalue weighted by molar-refractivity contribution is 5.34. The standard InChI is InChI=1S/C17H26N2/c18-19-16(14-8-4-1-2-5-9-14)17(12-13-17)15-10-6-3-7-11-15/h3,6-7,10-11,14,16,19H,1-2,4-5,8-9,12-13,18H2. The fourth-order valence-electron chi connectivity index (χ4n) is 4.08. The largest absolute Gasteiger partial charge is 0.271 e. The van der Waals surface area contributed by atoms with Gasteiger partial charge < -0.3 is 0 Å². The fourth-order valence-corrected chi connectivity index (χ4v) is 4.08. The molecule has 19 heavy (non-hydrogen) atoms. The molecule has 0 radical (unpaired) electrons. The monoisotopic (exact) mass is 258 g/mol. The molecule has 1 aromatic rings. The van der Waals surface area contributed by atoms with Gasteiger partial charge in [0.25, 0.3) is 0 Å². The predicted octanol–water partition coefficient (Wildman–Crippen LogP) is 3.52. The molecule has 0 aliphatic heterocycles. The summed E-state index contributed by atoms with van der Waals surface area (Å²) >= 11 is 0. The first-order chi connectivity index (χ1) is 9.37. The van der Waals surface area contributed by atoms with Crippen molar-refractivity contribution in [2.24, 2.45) is 11.8 Å². The van der Waals surface area contributed by atoms with Crippen LogP contribution in [-0.2, 0) is 5.41 Å². The van der Waals surface area contributed by atoms with Crippen LogP contribution in [0.5, 0.6) is 0 Å². The van der Waals surface area contributed by atoms with E-state index in [1.807, 2.05) is 0 Å². The molecule has 0 heterocycles. The average Bonchev–Trinajstić information content (AvgIpc) is 3.26. The molecule has 0 bridgehead atoms. The van der Waals surface area contributed by atoms with Crippen molar-refractivity contribution < 1.29 is 0 Å². The van der Waals surface area contributed by atoms with Gasteiger partial charge in [-0.1, -0.05) is 56.0 Å². The van der Waals surface area contributed by atoms with Crippen molar-refractivity contribution in [1.82, 2.24) is 5.43 Å². The van der Waals surface area contributed by atoms with Crippen molar-refractivity contribution in [3.8, 4) is 0 Å². The van der Waals surface area contributed by atoms with Gasteiger partial charge in [-0.15, -0.1) is 0 Å². The molecule has 104 valence electrons. The zero-order chi connectivity index (χ0) is 13.1. The summed E-state index contributed by atoms with van der Waals surface area (Å²) in [5, 5.41) is 0. The molecule has 3 rings (SSSR count). The Labute approximate surface area is 116 Å². The Bertz CT molecular complexity index is 389. The Hall–Kier alpha value is -0.860. The topological polar surface area (TPSA) is 38.0 Å². The van der Waals surface area contributed by atoms with E-state index in [9.17, 15) is 0 Å². The van der Waals surface area contributed by atoms with E-state index in [2.05, 4.69) is 35.8 Å². The molecule has 2 fully saturated rings. The molecule has 2 saturated carbocycles. The fraction of sp³-hybridized carbons (Fsp3) is 0.647. The third kappa shape index (κ3) is 2.56. The second-order valence-corrected chi connectivity index (χ2v) is 6.42. The number of rotatable bonds is 4. The van der Waals surface area contributed by atoms with Crippen molar-refractivity contribution in [3.63, 3.8) is 0 Å². The molecule has 0 spiro atoms. The average molecular weight is 258 g/mol. The predicted molar refractivity (Wildman–Crippen MR) is 79.7 cm³/mol. The van der Waals surface area contributed by atoms with Crippen LogP contribution in [0.3, 0.4) is 0 Å². The number of nitrogens with two attached hydrogens (primary N) is 1. The van der Waals surface area contributed by atoms with E-state index >= 15 is 0 Å². The van der Waals surface area contributed by atoms with Crippen LogP contribution in [0.2, 0.25) is 0 Å². The third-order valence-corrected chi connectivity index (χ3v) is 5.28. The minimum atomic E-state index is 0.324. The molecule has 2 aliphatic rings. The van der Waals surface area contributed by atoms with E-state index in [4.69, 9.17) is 5.84 Å². The summed E-state index contributed by atoms with van der Waals surface area (Å²) in [5.41, 5.74) is 5.01. The quantitative estimate of drug-likeness (QED) is 0.492. The lowest BCUT2D eigenvalue weighted by atomic mass is 9.78. The zero-order valence-corrected chi connectivity index (χ0v) is 11.8. The van der Waals surface area contributed by atoms with E-state index in [-0.39, 0.29) is 0 Å². The second-order valence-electron chi connectivity index (χ2n) is 6.42. The van der Waals surface area contributed by atoms with Crippen LogP contribution in [0.15, 0.2) is 30.3 Å². The molecule has 3 N–H and O–H groups in total. The van der Waals surface area contributed by atoms with Gasteiger partial charge in [0, 0.05) is 11.5 Å². The van der Waals surface area contributed by atoms with Crippen molar-refractivity contribution in [2.45, 2.75) is 62.8 Å². The van der Waals surface area contributed by atoms with Crippen LogP contribution in [-0.4, -0.2) is 6.04 Å². The van der Waals surface area contributed by atoms with Gasteiger partial charge in [0.2, 0.25) is 0 Å². The normalized spacial score (nSPS) is 24.7. The number of nitrogens with one attached hydrogen (secondary N) is 1. The summed E-state index contributed by atoms with van der Waals surface area (Å²) < 4.78 is 0. The van der Waals surface area contributed by atoms with Crippen molar-refractivity contribution >= 4 is 0 Å². The second kappa shape index (κ2) is 5.64. The lowest BCUT2D eigenvalue weighted by Gasteiger charge is -2.33. The van der Waals surface area contributed by atoms with Gasteiger partial charge >= 0.3 is 0 Å². The lowest BCUT2D eigenvalue weighted by Crippen LogP contribution is -2.49. The molecule has 1 unspecified atom stereocenters. The van der Waals surface area contributed by atoms with Crippen LogP contribution >= 0.6 is 0 Å². The number of hydrogen-bond donors (Lipinski definition) is 2. The first-order valence-corrected chi connectivity index (χ1v) is 7.88. The molecular weight excluding hydrogens is 232 g/mol. The molecule has 2 nitrogen and oxygen atoms in total. The van der Waals surface area contributed by atoms with Crippen molar-refractivity contribution in [2.75, 3.05) is 0 Å². The number of hydrazine groups is 1. The van der Waals surface area contributed by atoms with Crippen LogP contribution in [0, 0.1) is 5.92 Å². The SMILES string of the molecule is NNC(C1CCCCCC1)C1(c2ccccc2)CC1. The van der Waals surface area contributed by atoms with Gasteiger partial charge in [-0.25, -0.2) is 0 Å².